The number of aliphatic carboxylic acids is 1. The summed E-state index contributed by atoms with van der Waals surface area (Å²) in [6.45, 7) is 1.13. The molecule has 4 rings (SSSR count). The molecule has 0 spiro atoms. The highest BCUT2D eigenvalue weighted by molar-refractivity contribution is 7.91. The molecule has 1 fully saturated rings. The van der Waals surface area contributed by atoms with Crippen molar-refractivity contribution in [2.75, 3.05) is 27.2 Å². The van der Waals surface area contributed by atoms with Gasteiger partial charge in [0.15, 0.2) is 0 Å². The van der Waals surface area contributed by atoms with Gasteiger partial charge in [-0.2, -0.15) is 4.72 Å². The van der Waals surface area contributed by atoms with E-state index in [4.69, 9.17) is 16.3 Å². The van der Waals surface area contributed by atoms with Gasteiger partial charge in [-0.05, 0) is 62.0 Å². The van der Waals surface area contributed by atoms with E-state index in [0.29, 0.717) is 29.5 Å². The fraction of sp³-hybridized carbons (Fsp3) is 0.292. The second-order valence-corrected chi connectivity index (χ2v) is 11.9. The van der Waals surface area contributed by atoms with Gasteiger partial charge in [0.2, 0.25) is 0 Å². The molecule has 1 saturated carbocycles. The molecular weight excluding hydrogens is 496 g/mol. The van der Waals surface area contributed by atoms with Crippen LogP contribution in [0.25, 0.3) is 10.4 Å². The van der Waals surface area contributed by atoms with Crippen LogP contribution in [0.2, 0.25) is 5.02 Å². The molecule has 34 heavy (non-hydrogen) atoms. The van der Waals surface area contributed by atoms with Crippen molar-refractivity contribution < 1.29 is 23.1 Å². The SMILES string of the molecule is CN(C)CCOc1ccccc1[C@@H]1C[C@]1(NS(=O)(=O)c1ccc(-c2ccc(Cl)cc2)s1)C(=O)O. The Hall–Kier alpha value is -2.43. The lowest BCUT2D eigenvalue weighted by Crippen LogP contribution is -2.44. The largest absolute Gasteiger partial charge is 0.492 e. The molecule has 1 aromatic heterocycles. The number of thiophene rings is 1. The van der Waals surface area contributed by atoms with Crippen molar-refractivity contribution in [1.82, 2.24) is 9.62 Å². The van der Waals surface area contributed by atoms with Crippen LogP contribution in [0.15, 0.2) is 64.9 Å². The van der Waals surface area contributed by atoms with Crippen molar-refractivity contribution in [2.24, 2.45) is 0 Å². The zero-order valence-electron chi connectivity index (χ0n) is 18.7. The second-order valence-electron chi connectivity index (χ2n) is 8.45. The van der Waals surface area contributed by atoms with Crippen LogP contribution in [-0.2, 0) is 14.8 Å². The number of halogens is 1. The molecule has 1 aliphatic rings. The number of carbonyl (C=O) groups is 1. The molecule has 7 nitrogen and oxygen atoms in total. The van der Waals surface area contributed by atoms with Gasteiger partial charge in [0, 0.05) is 22.4 Å². The van der Waals surface area contributed by atoms with E-state index in [2.05, 4.69) is 4.72 Å². The number of likely N-dealkylation sites (N-methyl/N-ethyl adjacent to an activating group) is 1. The van der Waals surface area contributed by atoms with Gasteiger partial charge in [0.1, 0.15) is 22.1 Å². The highest BCUT2D eigenvalue weighted by atomic mass is 35.5. The van der Waals surface area contributed by atoms with Gasteiger partial charge in [0.05, 0.1) is 0 Å². The second kappa shape index (κ2) is 9.67. The number of hydrogen-bond acceptors (Lipinski definition) is 6. The quantitative estimate of drug-likeness (QED) is 0.414. The maximum atomic E-state index is 13.2. The molecular formula is C24H25ClN2O5S2. The van der Waals surface area contributed by atoms with Crippen LogP contribution in [0.1, 0.15) is 17.9 Å². The summed E-state index contributed by atoms with van der Waals surface area (Å²) in [6, 6.07) is 17.4. The number of carboxylic acids is 1. The number of rotatable bonds is 10. The van der Waals surface area contributed by atoms with Gasteiger partial charge in [-0.1, -0.05) is 41.9 Å². The molecule has 10 heteroatoms. The monoisotopic (exact) mass is 520 g/mol. The lowest BCUT2D eigenvalue weighted by Gasteiger charge is -2.17. The van der Waals surface area contributed by atoms with Crippen molar-refractivity contribution in [3.05, 3.63) is 71.2 Å². The maximum absolute atomic E-state index is 13.2. The number of benzene rings is 2. The summed E-state index contributed by atoms with van der Waals surface area (Å²) in [5.41, 5.74) is -0.110. The molecule has 0 saturated heterocycles. The van der Waals surface area contributed by atoms with Gasteiger partial charge < -0.3 is 14.7 Å². The third-order valence-corrected chi connectivity index (χ3v) is 9.11. The molecule has 0 unspecified atom stereocenters. The van der Waals surface area contributed by atoms with Crippen molar-refractivity contribution in [3.8, 4) is 16.2 Å². The molecule has 180 valence electrons. The predicted octanol–water partition coefficient (Wildman–Crippen LogP) is 4.30. The molecule has 0 radical (unpaired) electrons. The molecule has 3 aromatic rings. The molecule has 1 aliphatic carbocycles. The number of carboxylic acid groups (broad SMARTS) is 1. The van der Waals surface area contributed by atoms with E-state index in [1.807, 2.05) is 25.1 Å². The molecule has 1 heterocycles. The molecule has 0 amide bonds. The van der Waals surface area contributed by atoms with E-state index in [0.717, 1.165) is 21.8 Å². The Morgan fingerprint density at radius 2 is 1.88 bits per heavy atom. The van der Waals surface area contributed by atoms with E-state index in [-0.39, 0.29) is 10.6 Å². The maximum Gasteiger partial charge on any atom is 0.325 e. The fourth-order valence-corrected chi connectivity index (χ4v) is 6.64. The van der Waals surface area contributed by atoms with Gasteiger partial charge in [-0.25, -0.2) is 8.42 Å². The van der Waals surface area contributed by atoms with Crippen molar-refractivity contribution in [1.29, 1.82) is 0 Å². The first-order valence-corrected chi connectivity index (χ1v) is 13.3. The predicted molar refractivity (Wildman–Crippen MR) is 133 cm³/mol. The highest BCUT2D eigenvalue weighted by Gasteiger charge is 2.64. The summed E-state index contributed by atoms with van der Waals surface area (Å²) >= 11 is 7.01. The van der Waals surface area contributed by atoms with Crippen LogP contribution in [-0.4, -0.2) is 57.2 Å². The Morgan fingerprint density at radius 1 is 1.18 bits per heavy atom. The van der Waals surface area contributed by atoms with Crippen LogP contribution in [0, 0.1) is 0 Å². The van der Waals surface area contributed by atoms with Crippen molar-refractivity contribution >= 4 is 38.9 Å². The van der Waals surface area contributed by atoms with Crippen LogP contribution >= 0.6 is 22.9 Å². The van der Waals surface area contributed by atoms with Gasteiger partial charge in [-0.3, -0.25) is 4.79 Å². The summed E-state index contributed by atoms with van der Waals surface area (Å²) in [6.07, 6.45) is 0.144. The van der Waals surface area contributed by atoms with E-state index in [1.165, 1.54) is 6.07 Å². The van der Waals surface area contributed by atoms with Gasteiger partial charge >= 0.3 is 5.97 Å². The van der Waals surface area contributed by atoms with Gasteiger partial charge in [0.25, 0.3) is 10.0 Å². The number of nitrogens with zero attached hydrogens (tertiary/aromatic N) is 1. The minimum Gasteiger partial charge on any atom is -0.492 e. The Labute approximate surface area is 208 Å². The molecule has 2 atom stereocenters. The summed E-state index contributed by atoms with van der Waals surface area (Å²) in [7, 11) is -0.196. The minimum atomic E-state index is -4.06. The first-order valence-electron chi connectivity index (χ1n) is 10.6. The van der Waals surface area contributed by atoms with E-state index < -0.39 is 27.4 Å². The first kappa shape index (κ1) is 24.7. The average molecular weight is 521 g/mol. The van der Waals surface area contributed by atoms with E-state index in [1.54, 1.807) is 48.5 Å². The minimum absolute atomic E-state index is 0.0549. The number of nitrogens with one attached hydrogen (secondary N) is 1. The molecule has 0 bridgehead atoms. The lowest BCUT2D eigenvalue weighted by atomic mass is 10.1. The van der Waals surface area contributed by atoms with Crippen molar-refractivity contribution in [2.45, 2.75) is 22.1 Å². The van der Waals surface area contributed by atoms with E-state index in [9.17, 15) is 18.3 Å². The zero-order valence-corrected chi connectivity index (χ0v) is 21.1. The van der Waals surface area contributed by atoms with Crippen LogP contribution < -0.4 is 9.46 Å². The normalized spacial score (nSPS) is 19.8. The fourth-order valence-electron chi connectivity index (χ4n) is 3.79. The first-order chi connectivity index (χ1) is 16.1. The summed E-state index contributed by atoms with van der Waals surface area (Å²) < 4.78 is 34.8. The van der Waals surface area contributed by atoms with Gasteiger partial charge in [-0.15, -0.1) is 11.3 Å². The standard InChI is InChI=1S/C24H25ClN2O5S2/c1-27(2)13-14-32-20-6-4-3-5-18(20)19-15-24(19,23(28)29)26-34(30,31)22-12-11-21(33-22)16-7-9-17(25)10-8-16/h3-12,19,26H,13-15H2,1-2H3,(H,28,29)/t19-,24+/m0/s1. The average Bonchev–Trinajstić information content (AvgIpc) is 3.26. The topological polar surface area (TPSA) is 95.9 Å². The number of para-hydroxylation sites is 1. The Kier molecular flexibility index (Phi) is 7.02. The number of hydrogen-bond donors (Lipinski definition) is 2. The number of ether oxygens (including phenoxy) is 1. The summed E-state index contributed by atoms with van der Waals surface area (Å²) in [5.74, 6) is -1.18. The molecule has 0 aliphatic heterocycles. The zero-order chi connectivity index (χ0) is 24.5. The Balaban J connectivity index is 1.56. The third-order valence-electron chi connectivity index (χ3n) is 5.72. The third kappa shape index (κ3) is 5.13. The van der Waals surface area contributed by atoms with Crippen LogP contribution in [0.4, 0.5) is 0 Å². The number of sulfonamides is 1. The van der Waals surface area contributed by atoms with Crippen LogP contribution in [0.5, 0.6) is 5.75 Å². The highest BCUT2D eigenvalue weighted by Crippen LogP contribution is 2.55. The Bertz CT molecular complexity index is 1290. The molecule has 2 N–H and O–H groups in total. The lowest BCUT2D eigenvalue weighted by molar-refractivity contribution is -0.140. The smallest absolute Gasteiger partial charge is 0.325 e. The summed E-state index contributed by atoms with van der Waals surface area (Å²) in [5, 5.41) is 10.6. The summed E-state index contributed by atoms with van der Waals surface area (Å²) in [4.78, 5) is 15.0. The Morgan fingerprint density at radius 3 is 2.56 bits per heavy atom. The van der Waals surface area contributed by atoms with Crippen LogP contribution in [0.3, 0.4) is 0 Å². The molecule has 2 aromatic carbocycles. The van der Waals surface area contributed by atoms with Crippen molar-refractivity contribution in [3.63, 3.8) is 0 Å². The van der Waals surface area contributed by atoms with E-state index >= 15 is 0 Å².